The predicted octanol–water partition coefficient (Wildman–Crippen LogP) is 3.66. The fraction of sp³-hybridized carbons (Fsp3) is 0.409. The third kappa shape index (κ3) is 5.28. The second-order valence-electron chi connectivity index (χ2n) is 7.40. The van der Waals surface area contributed by atoms with Gasteiger partial charge in [-0.05, 0) is 50.3 Å². The highest BCUT2D eigenvalue weighted by Crippen LogP contribution is 2.26. The third-order valence-electron chi connectivity index (χ3n) is 5.30. The van der Waals surface area contributed by atoms with Gasteiger partial charge in [-0.3, -0.25) is 4.90 Å². The zero-order valence-corrected chi connectivity index (χ0v) is 17.3. The van der Waals surface area contributed by atoms with Crippen LogP contribution in [0.3, 0.4) is 0 Å². The summed E-state index contributed by atoms with van der Waals surface area (Å²) in [5, 5.41) is 7.55. The number of aryl methyl sites for hydroxylation is 1. The molecule has 3 rings (SSSR count). The third-order valence-corrected chi connectivity index (χ3v) is 5.52. The van der Waals surface area contributed by atoms with Crippen molar-refractivity contribution in [2.75, 3.05) is 38.5 Å². The maximum Gasteiger partial charge on any atom is 0.171 e. The van der Waals surface area contributed by atoms with Gasteiger partial charge in [-0.15, -0.1) is 0 Å². The van der Waals surface area contributed by atoms with Gasteiger partial charge in [0.15, 0.2) is 5.11 Å². The molecule has 1 heterocycles. The monoisotopic (exact) mass is 382 g/mol. The molecule has 5 heteroatoms. The minimum Gasteiger partial charge on any atom is -0.358 e. The zero-order valence-electron chi connectivity index (χ0n) is 16.5. The van der Waals surface area contributed by atoms with E-state index in [9.17, 15) is 0 Å². The van der Waals surface area contributed by atoms with E-state index in [-0.39, 0.29) is 12.1 Å². The van der Waals surface area contributed by atoms with Crippen molar-refractivity contribution < 1.29 is 0 Å². The largest absolute Gasteiger partial charge is 0.358 e. The van der Waals surface area contributed by atoms with Crippen LogP contribution in [0, 0.1) is 6.92 Å². The first kappa shape index (κ1) is 19.8. The van der Waals surface area contributed by atoms with Crippen molar-refractivity contribution in [3.8, 4) is 0 Å². The summed E-state index contributed by atoms with van der Waals surface area (Å²) in [6, 6.07) is 19.5. The molecule has 0 amide bonds. The van der Waals surface area contributed by atoms with Gasteiger partial charge in [0.1, 0.15) is 0 Å². The molecule has 0 spiro atoms. The number of thiocarbonyl (C=S) groups is 1. The smallest absolute Gasteiger partial charge is 0.171 e. The molecule has 2 aromatic rings. The van der Waals surface area contributed by atoms with Crippen LogP contribution in [0.4, 0.5) is 5.69 Å². The highest BCUT2D eigenvalue weighted by atomic mass is 32.1. The lowest BCUT2D eigenvalue weighted by Gasteiger charge is -2.41. The van der Waals surface area contributed by atoms with E-state index in [1.54, 1.807) is 0 Å². The molecule has 1 fully saturated rings. The van der Waals surface area contributed by atoms with Gasteiger partial charge in [-0.1, -0.05) is 48.5 Å². The molecule has 2 N–H and O–H groups in total. The van der Waals surface area contributed by atoms with Crippen molar-refractivity contribution in [3.63, 3.8) is 0 Å². The summed E-state index contributed by atoms with van der Waals surface area (Å²) in [6.45, 7) is 8.65. The Morgan fingerprint density at radius 1 is 0.963 bits per heavy atom. The van der Waals surface area contributed by atoms with Crippen molar-refractivity contribution >= 4 is 23.0 Å². The minimum atomic E-state index is 0.194. The molecule has 0 bridgehead atoms. The molecule has 2 atom stereocenters. The summed E-state index contributed by atoms with van der Waals surface area (Å²) < 4.78 is 0. The van der Waals surface area contributed by atoms with Crippen LogP contribution in [0.2, 0.25) is 0 Å². The van der Waals surface area contributed by atoms with Crippen molar-refractivity contribution in [2.45, 2.75) is 25.9 Å². The molecule has 0 aromatic heterocycles. The number of hydrogen-bond acceptors (Lipinski definition) is 3. The standard InChI is InChI=1S/C22H30N4S/c1-17-9-7-8-12-20(17)24-22(27)23-18(2)21(19-10-5-4-6-11-19)26-15-13-25(3)14-16-26/h4-12,18,21H,13-16H2,1-3H3,(H2,23,24,27)/t18-,21-/m0/s1. The second-order valence-corrected chi connectivity index (χ2v) is 7.81. The zero-order chi connectivity index (χ0) is 19.2. The van der Waals surface area contributed by atoms with Gasteiger partial charge in [0.05, 0.1) is 6.04 Å². The lowest BCUT2D eigenvalue weighted by Crippen LogP contribution is -2.52. The first-order chi connectivity index (χ1) is 13.0. The number of para-hydroxylation sites is 1. The average Bonchev–Trinajstić information content (AvgIpc) is 2.66. The molecule has 2 aromatic carbocycles. The van der Waals surface area contributed by atoms with Crippen LogP contribution in [0.1, 0.15) is 24.1 Å². The summed E-state index contributed by atoms with van der Waals surface area (Å²) >= 11 is 5.61. The quantitative estimate of drug-likeness (QED) is 0.771. The van der Waals surface area contributed by atoms with Crippen LogP contribution in [0.5, 0.6) is 0 Å². The van der Waals surface area contributed by atoms with Crippen molar-refractivity contribution in [1.29, 1.82) is 0 Å². The number of anilines is 1. The normalized spacial score (nSPS) is 17.9. The van der Waals surface area contributed by atoms with Crippen molar-refractivity contribution in [3.05, 3.63) is 65.7 Å². The van der Waals surface area contributed by atoms with E-state index in [0.717, 1.165) is 31.9 Å². The van der Waals surface area contributed by atoms with E-state index in [0.29, 0.717) is 5.11 Å². The topological polar surface area (TPSA) is 30.5 Å². The van der Waals surface area contributed by atoms with E-state index >= 15 is 0 Å². The van der Waals surface area contributed by atoms with Gasteiger partial charge in [-0.2, -0.15) is 0 Å². The number of hydrogen-bond donors (Lipinski definition) is 2. The van der Waals surface area contributed by atoms with Crippen LogP contribution in [-0.2, 0) is 0 Å². The number of nitrogens with zero attached hydrogens (tertiary/aromatic N) is 2. The summed E-state index contributed by atoms with van der Waals surface area (Å²) in [5.74, 6) is 0. The number of rotatable bonds is 5. The Balaban J connectivity index is 1.71. The van der Waals surface area contributed by atoms with Gasteiger partial charge in [0, 0.05) is 37.9 Å². The number of likely N-dealkylation sites (N-methyl/N-ethyl adjacent to an activating group) is 1. The van der Waals surface area contributed by atoms with Crippen molar-refractivity contribution in [2.24, 2.45) is 0 Å². The Hall–Kier alpha value is -1.95. The molecule has 1 aliphatic heterocycles. The molecule has 27 heavy (non-hydrogen) atoms. The number of piperazine rings is 1. The molecule has 0 unspecified atom stereocenters. The van der Waals surface area contributed by atoms with Crippen LogP contribution in [0.15, 0.2) is 54.6 Å². The average molecular weight is 383 g/mol. The van der Waals surface area contributed by atoms with Gasteiger partial charge in [0.25, 0.3) is 0 Å². The second kappa shape index (κ2) is 9.31. The number of nitrogens with one attached hydrogen (secondary N) is 2. The summed E-state index contributed by atoms with van der Waals surface area (Å²) in [4.78, 5) is 4.96. The number of benzene rings is 2. The molecule has 0 saturated carbocycles. The molecule has 4 nitrogen and oxygen atoms in total. The Kier molecular flexibility index (Phi) is 6.83. The molecular formula is C22H30N4S. The van der Waals surface area contributed by atoms with Gasteiger partial charge in [0.2, 0.25) is 0 Å². The molecule has 1 saturated heterocycles. The van der Waals surface area contributed by atoms with Gasteiger partial charge >= 0.3 is 0 Å². The lowest BCUT2D eigenvalue weighted by molar-refractivity contribution is 0.0973. The molecule has 1 aliphatic rings. The van der Waals surface area contributed by atoms with Crippen molar-refractivity contribution in [1.82, 2.24) is 15.1 Å². The van der Waals surface area contributed by atoms with E-state index in [4.69, 9.17) is 12.2 Å². The predicted molar refractivity (Wildman–Crippen MR) is 118 cm³/mol. The Labute approximate surface area is 168 Å². The maximum absolute atomic E-state index is 5.61. The van der Waals surface area contributed by atoms with Crippen LogP contribution in [0.25, 0.3) is 0 Å². The minimum absolute atomic E-state index is 0.194. The Bertz CT molecular complexity index is 741. The molecule has 144 valence electrons. The lowest BCUT2D eigenvalue weighted by atomic mass is 9.98. The Morgan fingerprint density at radius 3 is 2.26 bits per heavy atom. The van der Waals surface area contributed by atoms with Gasteiger partial charge in [-0.25, -0.2) is 0 Å². The highest BCUT2D eigenvalue weighted by molar-refractivity contribution is 7.80. The first-order valence-electron chi connectivity index (χ1n) is 9.65. The fourth-order valence-electron chi connectivity index (χ4n) is 3.72. The van der Waals surface area contributed by atoms with E-state index in [1.165, 1.54) is 11.1 Å². The summed E-state index contributed by atoms with van der Waals surface area (Å²) in [5.41, 5.74) is 3.58. The van der Waals surface area contributed by atoms with Crippen LogP contribution >= 0.6 is 12.2 Å². The van der Waals surface area contributed by atoms with E-state index < -0.39 is 0 Å². The summed E-state index contributed by atoms with van der Waals surface area (Å²) in [7, 11) is 2.19. The van der Waals surface area contributed by atoms with Crippen LogP contribution < -0.4 is 10.6 Å². The first-order valence-corrected chi connectivity index (χ1v) is 10.1. The van der Waals surface area contributed by atoms with Crippen LogP contribution in [-0.4, -0.2) is 54.2 Å². The highest BCUT2D eigenvalue weighted by Gasteiger charge is 2.28. The molecule has 0 radical (unpaired) electrons. The maximum atomic E-state index is 5.61. The summed E-state index contributed by atoms with van der Waals surface area (Å²) in [6.07, 6.45) is 0. The molecular weight excluding hydrogens is 352 g/mol. The van der Waals surface area contributed by atoms with Gasteiger partial charge < -0.3 is 15.5 Å². The SMILES string of the molecule is Cc1ccccc1NC(=S)N[C@@H](C)[C@@H](c1ccccc1)N1CCN(C)CC1. The fourth-order valence-corrected chi connectivity index (χ4v) is 4.02. The van der Waals surface area contributed by atoms with E-state index in [2.05, 4.69) is 83.8 Å². The van der Waals surface area contributed by atoms with E-state index in [1.807, 2.05) is 12.1 Å². The Morgan fingerprint density at radius 2 is 1.59 bits per heavy atom. The molecule has 0 aliphatic carbocycles.